The first-order valence-corrected chi connectivity index (χ1v) is 7.76. The van der Waals surface area contributed by atoms with Crippen LogP contribution in [-0.4, -0.2) is 12.3 Å². The lowest BCUT2D eigenvalue weighted by Crippen LogP contribution is -2.20. The normalized spacial score (nSPS) is 12.4. The van der Waals surface area contributed by atoms with Crippen LogP contribution in [0, 0.1) is 0 Å². The molecule has 0 aliphatic carbocycles. The predicted octanol–water partition coefficient (Wildman–Crippen LogP) is 4.81. The fourth-order valence-electron chi connectivity index (χ4n) is 1.99. The highest BCUT2D eigenvalue weighted by molar-refractivity contribution is 7.99. The number of benzene rings is 1. The minimum absolute atomic E-state index is 0.451. The Balaban J connectivity index is 2.68. The number of rotatable bonds is 8. The topological polar surface area (TPSA) is 12.0 Å². The van der Waals surface area contributed by atoms with Crippen LogP contribution >= 0.6 is 11.8 Å². The van der Waals surface area contributed by atoms with Crippen LogP contribution in [0.1, 0.15) is 45.2 Å². The molecule has 0 spiro atoms. The highest BCUT2D eigenvalue weighted by Gasteiger charge is 2.09. The van der Waals surface area contributed by atoms with Crippen LogP contribution in [0.4, 0.5) is 0 Å². The molecular weight excluding hydrogens is 238 g/mol. The molecule has 1 rings (SSSR count). The van der Waals surface area contributed by atoms with Gasteiger partial charge in [-0.05, 0) is 49.8 Å². The second-order valence-electron chi connectivity index (χ2n) is 4.61. The third-order valence-electron chi connectivity index (χ3n) is 2.90. The van der Waals surface area contributed by atoms with E-state index in [2.05, 4.69) is 56.9 Å². The summed E-state index contributed by atoms with van der Waals surface area (Å²) in [6.45, 7) is 11.4. The number of hydrogen-bond acceptors (Lipinski definition) is 2. The largest absolute Gasteiger partial charge is 0.310 e. The van der Waals surface area contributed by atoms with Crippen LogP contribution in [0.3, 0.4) is 0 Å². The Labute approximate surface area is 116 Å². The van der Waals surface area contributed by atoms with Gasteiger partial charge >= 0.3 is 0 Å². The van der Waals surface area contributed by atoms with Crippen molar-refractivity contribution in [2.24, 2.45) is 0 Å². The molecule has 0 aromatic heterocycles. The molecule has 0 heterocycles. The third kappa shape index (κ3) is 5.28. The average Bonchev–Trinajstić information content (AvgIpc) is 2.36. The Morgan fingerprint density at radius 1 is 1.28 bits per heavy atom. The van der Waals surface area contributed by atoms with Crippen LogP contribution < -0.4 is 5.32 Å². The average molecular weight is 263 g/mol. The molecule has 0 saturated carbocycles. The van der Waals surface area contributed by atoms with Gasteiger partial charge in [-0.1, -0.05) is 31.6 Å². The van der Waals surface area contributed by atoms with Crippen LogP contribution in [0.15, 0.2) is 41.3 Å². The van der Waals surface area contributed by atoms with Gasteiger partial charge in [0.15, 0.2) is 0 Å². The third-order valence-corrected chi connectivity index (χ3v) is 3.80. The zero-order chi connectivity index (χ0) is 13.4. The predicted molar refractivity (Wildman–Crippen MR) is 83.3 cm³/mol. The van der Waals surface area contributed by atoms with Crippen LogP contribution in [-0.2, 0) is 0 Å². The Morgan fingerprint density at radius 2 is 1.94 bits per heavy atom. The Hall–Kier alpha value is -0.730. The van der Waals surface area contributed by atoms with Crippen LogP contribution in [0.5, 0.6) is 0 Å². The standard InChI is InChI=1S/C16H25NS/c1-5-17-16(12-7-13(3)4)14-8-10-15(11-9-14)18-6-2/h8-11,16-17H,3,5-7,12H2,1-2,4H3. The molecule has 0 saturated heterocycles. The number of hydrogen-bond donors (Lipinski definition) is 1. The Bertz CT molecular complexity index is 356. The van der Waals surface area contributed by atoms with Gasteiger partial charge in [0.25, 0.3) is 0 Å². The quantitative estimate of drug-likeness (QED) is 0.534. The van der Waals surface area contributed by atoms with E-state index in [1.165, 1.54) is 16.0 Å². The van der Waals surface area contributed by atoms with Gasteiger partial charge in [-0.25, -0.2) is 0 Å². The molecule has 1 nitrogen and oxygen atoms in total. The summed E-state index contributed by atoms with van der Waals surface area (Å²) in [7, 11) is 0. The summed E-state index contributed by atoms with van der Waals surface area (Å²) in [5.74, 6) is 1.13. The van der Waals surface area contributed by atoms with Crippen LogP contribution in [0.25, 0.3) is 0 Å². The lowest BCUT2D eigenvalue weighted by molar-refractivity contribution is 0.514. The van der Waals surface area contributed by atoms with Gasteiger partial charge in [0.2, 0.25) is 0 Å². The first-order valence-electron chi connectivity index (χ1n) is 6.77. The molecule has 1 atom stereocenters. The number of allylic oxidation sites excluding steroid dienone is 1. The van der Waals surface area contributed by atoms with E-state index in [4.69, 9.17) is 0 Å². The fraction of sp³-hybridized carbons (Fsp3) is 0.500. The van der Waals surface area contributed by atoms with E-state index in [1.54, 1.807) is 0 Å². The van der Waals surface area contributed by atoms with Gasteiger partial charge in [-0.3, -0.25) is 0 Å². The Morgan fingerprint density at radius 3 is 2.44 bits per heavy atom. The van der Waals surface area contributed by atoms with E-state index in [0.717, 1.165) is 25.1 Å². The summed E-state index contributed by atoms with van der Waals surface area (Å²) < 4.78 is 0. The molecule has 1 unspecified atom stereocenters. The summed E-state index contributed by atoms with van der Waals surface area (Å²) >= 11 is 1.89. The monoisotopic (exact) mass is 263 g/mol. The minimum atomic E-state index is 0.451. The summed E-state index contributed by atoms with van der Waals surface area (Å²) in [5.41, 5.74) is 2.65. The highest BCUT2D eigenvalue weighted by atomic mass is 32.2. The van der Waals surface area contributed by atoms with Crippen molar-refractivity contribution in [3.05, 3.63) is 42.0 Å². The van der Waals surface area contributed by atoms with E-state index in [9.17, 15) is 0 Å². The molecule has 1 N–H and O–H groups in total. The number of thioether (sulfide) groups is 1. The maximum absolute atomic E-state index is 3.99. The molecule has 0 bridgehead atoms. The molecule has 0 aliphatic rings. The van der Waals surface area contributed by atoms with E-state index in [-0.39, 0.29) is 0 Å². The molecule has 2 heteroatoms. The van der Waals surface area contributed by atoms with Crippen molar-refractivity contribution >= 4 is 11.8 Å². The first-order chi connectivity index (χ1) is 8.67. The van der Waals surface area contributed by atoms with Crippen molar-refractivity contribution in [3.63, 3.8) is 0 Å². The van der Waals surface area contributed by atoms with Crippen molar-refractivity contribution in [3.8, 4) is 0 Å². The zero-order valence-electron chi connectivity index (χ0n) is 11.8. The van der Waals surface area contributed by atoms with E-state index in [1.807, 2.05) is 11.8 Å². The Kier molecular flexibility index (Phi) is 7.14. The molecule has 0 fully saturated rings. The lowest BCUT2D eigenvalue weighted by Gasteiger charge is -2.18. The zero-order valence-corrected chi connectivity index (χ0v) is 12.6. The maximum atomic E-state index is 3.99. The summed E-state index contributed by atoms with van der Waals surface area (Å²) in [5, 5.41) is 3.56. The molecular formula is C16H25NS. The van der Waals surface area contributed by atoms with Crippen molar-refractivity contribution in [2.45, 2.75) is 44.6 Å². The fourth-order valence-corrected chi connectivity index (χ4v) is 2.65. The first kappa shape index (κ1) is 15.3. The van der Waals surface area contributed by atoms with Gasteiger partial charge in [-0.15, -0.1) is 18.3 Å². The van der Waals surface area contributed by atoms with E-state index < -0.39 is 0 Å². The van der Waals surface area contributed by atoms with Crippen molar-refractivity contribution in [1.29, 1.82) is 0 Å². The van der Waals surface area contributed by atoms with Gasteiger partial charge in [0.1, 0.15) is 0 Å². The lowest BCUT2D eigenvalue weighted by atomic mass is 10.00. The SMILES string of the molecule is C=C(C)CCC(NCC)c1ccc(SCC)cc1. The summed E-state index contributed by atoms with van der Waals surface area (Å²) in [6, 6.07) is 9.42. The molecule has 1 aromatic rings. The smallest absolute Gasteiger partial charge is 0.0323 e. The molecule has 18 heavy (non-hydrogen) atoms. The van der Waals surface area contributed by atoms with E-state index >= 15 is 0 Å². The molecule has 0 aliphatic heterocycles. The van der Waals surface area contributed by atoms with E-state index in [0.29, 0.717) is 6.04 Å². The van der Waals surface area contributed by atoms with Gasteiger partial charge in [-0.2, -0.15) is 0 Å². The maximum Gasteiger partial charge on any atom is 0.0323 e. The van der Waals surface area contributed by atoms with Crippen molar-refractivity contribution < 1.29 is 0 Å². The second-order valence-corrected chi connectivity index (χ2v) is 5.95. The van der Waals surface area contributed by atoms with Gasteiger partial charge in [0.05, 0.1) is 0 Å². The minimum Gasteiger partial charge on any atom is -0.310 e. The molecule has 100 valence electrons. The van der Waals surface area contributed by atoms with Crippen molar-refractivity contribution in [1.82, 2.24) is 5.32 Å². The summed E-state index contributed by atoms with van der Waals surface area (Å²) in [4.78, 5) is 1.36. The van der Waals surface area contributed by atoms with Crippen LogP contribution in [0.2, 0.25) is 0 Å². The summed E-state index contributed by atoms with van der Waals surface area (Å²) in [6.07, 6.45) is 2.21. The number of nitrogens with one attached hydrogen (secondary N) is 1. The highest BCUT2D eigenvalue weighted by Crippen LogP contribution is 2.24. The van der Waals surface area contributed by atoms with Crippen molar-refractivity contribution in [2.75, 3.05) is 12.3 Å². The molecule has 0 radical (unpaired) electrons. The van der Waals surface area contributed by atoms with Gasteiger partial charge < -0.3 is 5.32 Å². The second kappa shape index (κ2) is 8.39. The molecule has 1 aromatic carbocycles. The van der Waals surface area contributed by atoms with Gasteiger partial charge in [0, 0.05) is 10.9 Å². The molecule has 0 amide bonds.